The van der Waals surface area contributed by atoms with E-state index in [4.69, 9.17) is 9.84 Å². The Morgan fingerprint density at radius 2 is 2.11 bits per heavy atom. The first-order valence-corrected chi connectivity index (χ1v) is 5.21. The third kappa shape index (κ3) is 4.03. The lowest BCUT2D eigenvalue weighted by Crippen LogP contribution is -2.23. The lowest BCUT2D eigenvalue weighted by Gasteiger charge is -2.19. The topological polar surface area (TPSA) is 46.5 Å². The minimum absolute atomic E-state index is 0.0561. The number of halogens is 3. The number of carbonyl (C=O) groups is 1. The maximum atomic E-state index is 12.8. The predicted octanol–water partition coefficient (Wildman–Crippen LogP) is 2.95. The number of benzene rings is 1. The van der Waals surface area contributed by atoms with Crippen LogP contribution in [0.5, 0.6) is 0 Å². The number of carboxylic acids is 1. The second kappa shape index (κ2) is 5.86. The second-order valence-electron chi connectivity index (χ2n) is 3.87. The van der Waals surface area contributed by atoms with Gasteiger partial charge in [0, 0.05) is 7.11 Å². The van der Waals surface area contributed by atoms with E-state index >= 15 is 0 Å². The van der Waals surface area contributed by atoms with Gasteiger partial charge in [0.05, 0.1) is 18.9 Å². The number of hydrogen-bond donors (Lipinski definition) is 1. The molecule has 1 aromatic carbocycles. The fraction of sp³-hybridized carbons (Fsp3) is 0.417. The molecular weight excluding hydrogens is 249 g/mol. The first kappa shape index (κ1) is 14.5. The Balaban J connectivity index is 3.04. The number of ether oxygens (including phenoxy) is 1. The standard InChI is InChI=1S/C12H13F3O3/c1-18-7-8-3-2-4-9(5-8)10(6-11(16)17)12(13,14)15/h2-5,10H,6-7H2,1H3,(H,16,17). The highest BCUT2D eigenvalue weighted by Gasteiger charge is 2.42. The van der Waals surface area contributed by atoms with Crippen molar-refractivity contribution in [1.29, 1.82) is 0 Å². The first-order valence-electron chi connectivity index (χ1n) is 5.21. The van der Waals surface area contributed by atoms with Gasteiger partial charge in [0.15, 0.2) is 0 Å². The van der Waals surface area contributed by atoms with Crippen molar-refractivity contribution in [3.63, 3.8) is 0 Å². The molecule has 0 aliphatic carbocycles. The molecule has 0 saturated carbocycles. The maximum Gasteiger partial charge on any atom is 0.396 e. The van der Waals surface area contributed by atoms with Crippen molar-refractivity contribution >= 4 is 5.97 Å². The summed E-state index contributed by atoms with van der Waals surface area (Å²) in [5, 5.41) is 8.56. The molecule has 100 valence electrons. The Bertz CT molecular complexity index is 415. The van der Waals surface area contributed by atoms with Gasteiger partial charge >= 0.3 is 12.1 Å². The van der Waals surface area contributed by atoms with Gasteiger partial charge in [-0.1, -0.05) is 24.3 Å². The molecule has 1 N–H and O–H groups in total. The summed E-state index contributed by atoms with van der Waals surface area (Å²) in [4.78, 5) is 10.5. The fourth-order valence-corrected chi connectivity index (χ4v) is 1.66. The Hall–Kier alpha value is -1.56. The minimum Gasteiger partial charge on any atom is -0.481 e. The molecule has 0 radical (unpaired) electrons. The summed E-state index contributed by atoms with van der Waals surface area (Å²) in [5.74, 6) is -3.47. The highest BCUT2D eigenvalue weighted by atomic mass is 19.4. The van der Waals surface area contributed by atoms with E-state index in [9.17, 15) is 18.0 Å². The third-order valence-corrected chi connectivity index (χ3v) is 2.44. The van der Waals surface area contributed by atoms with E-state index in [1.165, 1.54) is 25.3 Å². The van der Waals surface area contributed by atoms with Crippen molar-refractivity contribution < 1.29 is 27.8 Å². The Kier molecular flexibility index (Phi) is 4.72. The first-order chi connectivity index (χ1) is 8.34. The van der Waals surface area contributed by atoms with Crippen molar-refractivity contribution in [1.82, 2.24) is 0 Å². The molecule has 0 amide bonds. The zero-order chi connectivity index (χ0) is 13.8. The molecule has 18 heavy (non-hydrogen) atoms. The SMILES string of the molecule is COCc1cccc(C(CC(=O)O)C(F)(F)F)c1. The van der Waals surface area contributed by atoms with E-state index in [2.05, 4.69) is 0 Å². The second-order valence-corrected chi connectivity index (χ2v) is 3.87. The average molecular weight is 262 g/mol. The summed E-state index contributed by atoms with van der Waals surface area (Å²) < 4.78 is 43.2. The van der Waals surface area contributed by atoms with Crippen molar-refractivity contribution in [3.8, 4) is 0 Å². The molecule has 0 aliphatic rings. The number of hydrogen-bond acceptors (Lipinski definition) is 2. The van der Waals surface area contributed by atoms with Gasteiger partial charge in [-0.3, -0.25) is 4.79 Å². The van der Waals surface area contributed by atoms with Gasteiger partial charge in [-0.25, -0.2) is 0 Å². The van der Waals surface area contributed by atoms with Gasteiger partial charge in [-0.05, 0) is 11.1 Å². The van der Waals surface area contributed by atoms with Crippen LogP contribution in [0.1, 0.15) is 23.5 Å². The van der Waals surface area contributed by atoms with E-state index in [1.54, 1.807) is 6.07 Å². The molecule has 0 aromatic heterocycles. The lowest BCUT2D eigenvalue weighted by molar-refractivity contribution is -0.163. The van der Waals surface area contributed by atoms with Gasteiger partial charge in [-0.2, -0.15) is 13.2 Å². The van der Waals surface area contributed by atoms with Gasteiger partial charge in [0.1, 0.15) is 0 Å². The van der Waals surface area contributed by atoms with Crippen molar-refractivity contribution in [2.24, 2.45) is 0 Å². The maximum absolute atomic E-state index is 12.8. The molecule has 0 saturated heterocycles. The van der Waals surface area contributed by atoms with Crippen LogP contribution in [-0.4, -0.2) is 24.4 Å². The van der Waals surface area contributed by atoms with Gasteiger partial charge in [0.25, 0.3) is 0 Å². The molecule has 6 heteroatoms. The third-order valence-electron chi connectivity index (χ3n) is 2.44. The average Bonchev–Trinajstić information content (AvgIpc) is 2.25. The van der Waals surface area contributed by atoms with Crippen LogP contribution in [-0.2, 0) is 16.1 Å². The molecule has 1 rings (SSSR count). The van der Waals surface area contributed by atoms with Crippen LogP contribution in [0.4, 0.5) is 13.2 Å². The summed E-state index contributed by atoms with van der Waals surface area (Å²) in [6.45, 7) is 0.186. The zero-order valence-corrected chi connectivity index (χ0v) is 9.70. The van der Waals surface area contributed by atoms with Crippen LogP contribution >= 0.6 is 0 Å². The van der Waals surface area contributed by atoms with Crippen molar-refractivity contribution in [2.75, 3.05) is 7.11 Å². The fourth-order valence-electron chi connectivity index (χ4n) is 1.66. The number of methoxy groups -OCH3 is 1. The number of alkyl halides is 3. The molecule has 0 heterocycles. The Morgan fingerprint density at radius 3 is 2.61 bits per heavy atom. The molecule has 1 aromatic rings. The smallest absolute Gasteiger partial charge is 0.396 e. The number of aliphatic carboxylic acids is 1. The molecule has 0 spiro atoms. The molecule has 3 nitrogen and oxygen atoms in total. The van der Waals surface area contributed by atoms with Gasteiger partial charge in [0.2, 0.25) is 0 Å². The highest BCUT2D eigenvalue weighted by molar-refractivity contribution is 5.68. The van der Waals surface area contributed by atoms with Crippen molar-refractivity contribution in [2.45, 2.75) is 25.1 Å². The molecule has 1 unspecified atom stereocenters. The van der Waals surface area contributed by atoms with Gasteiger partial charge < -0.3 is 9.84 Å². The van der Waals surface area contributed by atoms with E-state index in [-0.39, 0.29) is 12.2 Å². The summed E-state index contributed by atoms with van der Waals surface area (Å²) in [7, 11) is 1.44. The minimum atomic E-state index is -4.58. The van der Waals surface area contributed by atoms with Crippen LogP contribution in [0.25, 0.3) is 0 Å². The van der Waals surface area contributed by atoms with E-state index in [0.717, 1.165) is 0 Å². The lowest BCUT2D eigenvalue weighted by atomic mass is 9.94. The van der Waals surface area contributed by atoms with Crippen molar-refractivity contribution in [3.05, 3.63) is 35.4 Å². The summed E-state index contributed by atoms with van der Waals surface area (Å²) in [5.41, 5.74) is 0.522. The zero-order valence-electron chi connectivity index (χ0n) is 9.70. The Morgan fingerprint density at radius 1 is 1.44 bits per heavy atom. The molecule has 0 aliphatic heterocycles. The van der Waals surface area contributed by atoms with Crippen LogP contribution in [0.3, 0.4) is 0 Å². The number of carboxylic acid groups (broad SMARTS) is 1. The highest BCUT2D eigenvalue weighted by Crippen LogP contribution is 2.37. The molecule has 1 atom stereocenters. The summed E-state index contributed by atoms with van der Waals surface area (Å²) in [6.07, 6.45) is -5.55. The van der Waals surface area contributed by atoms with Crippen LogP contribution in [0.15, 0.2) is 24.3 Å². The van der Waals surface area contributed by atoms with Gasteiger partial charge in [-0.15, -0.1) is 0 Å². The summed E-state index contributed by atoms with van der Waals surface area (Å²) >= 11 is 0. The molecule has 0 bridgehead atoms. The Labute approximate surface area is 102 Å². The van der Waals surface area contributed by atoms with Crippen LogP contribution < -0.4 is 0 Å². The largest absolute Gasteiger partial charge is 0.481 e. The van der Waals surface area contributed by atoms with Crippen LogP contribution in [0, 0.1) is 0 Å². The molecule has 0 fully saturated rings. The molecular formula is C12H13F3O3. The number of rotatable bonds is 5. The quantitative estimate of drug-likeness (QED) is 0.887. The monoisotopic (exact) mass is 262 g/mol. The van der Waals surface area contributed by atoms with E-state index < -0.39 is 24.5 Å². The van der Waals surface area contributed by atoms with E-state index in [1.807, 2.05) is 0 Å². The normalized spacial score (nSPS) is 13.3. The van der Waals surface area contributed by atoms with E-state index in [0.29, 0.717) is 5.56 Å². The predicted molar refractivity (Wildman–Crippen MR) is 58.2 cm³/mol. The summed E-state index contributed by atoms with van der Waals surface area (Å²) in [6, 6.07) is 5.69. The van der Waals surface area contributed by atoms with Crippen LogP contribution in [0.2, 0.25) is 0 Å².